The summed E-state index contributed by atoms with van der Waals surface area (Å²) in [5.74, 6) is 1.63. The molecule has 0 spiro atoms. The van der Waals surface area contributed by atoms with Crippen LogP contribution in [0, 0.1) is 0 Å². The van der Waals surface area contributed by atoms with E-state index in [2.05, 4.69) is 254 Å². The van der Waals surface area contributed by atoms with E-state index in [0.29, 0.717) is 0 Å². The second-order valence-electron chi connectivity index (χ2n) is 17.8. The van der Waals surface area contributed by atoms with Crippen LogP contribution in [0.2, 0.25) is 0 Å². The summed E-state index contributed by atoms with van der Waals surface area (Å²) in [7, 11) is 0. The van der Waals surface area contributed by atoms with E-state index in [4.69, 9.17) is 4.74 Å². The number of nitrogens with zero attached hydrogens (tertiary/aromatic N) is 1. The molecule has 12 aromatic carbocycles. The van der Waals surface area contributed by atoms with Gasteiger partial charge in [-0.15, -0.1) is 11.3 Å². The first kappa shape index (κ1) is 39.4. The fourth-order valence-electron chi connectivity index (χ4n) is 11.1. The molecule has 0 bridgehead atoms. The van der Waals surface area contributed by atoms with E-state index >= 15 is 0 Å². The van der Waals surface area contributed by atoms with Gasteiger partial charge >= 0.3 is 0 Å². The number of para-hydroxylation sites is 3. The molecule has 2 heterocycles. The summed E-state index contributed by atoms with van der Waals surface area (Å²) in [6.45, 7) is 0. The molecule has 0 saturated carbocycles. The maximum Gasteiger partial charge on any atom is 0.159 e. The summed E-state index contributed by atoms with van der Waals surface area (Å²) in [6, 6.07) is 91.0. The molecule has 322 valence electrons. The first-order chi connectivity index (χ1) is 34.3. The van der Waals surface area contributed by atoms with Crippen LogP contribution in [0.4, 0.5) is 17.1 Å². The Morgan fingerprint density at radius 3 is 1.52 bits per heavy atom. The number of hydrogen-bond donors (Lipinski definition) is 0. The van der Waals surface area contributed by atoms with Crippen molar-refractivity contribution in [3.63, 3.8) is 0 Å². The second kappa shape index (κ2) is 16.0. The van der Waals surface area contributed by atoms with E-state index in [9.17, 15) is 0 Å². The van der Waals surface area contributed by atoms with Crippen molar-refractivity contribution < 1.29 is 4.74 Å². The summed E-state index contributed by atoms with van der Waals surface area (Å²) in [5, 5.41) is 14.6. The van der Waals surface area contributed by atoms with Crippen molar-refractivity contribution in [3.8, 4) is 44.9 Å². The summed E-state index contributed by atoms with van der Waals surface area (Å²) in [4.78, 5) is 2.43. The highest BCUT2D eigenvalue weighted by Crippen LogP contribution is 2.54. The van der Waals surface area contributed by atoms with Gasteiger partial charge in [-0.1, -0.05) is 206 Å². The maximum absolute atomic E-state index is 7.27. The topological polar surface area (TPSA) is 12.5 Å². The van der Waals surface area contributed by atoms with Gasteiger partial charge in [0.05, 0.1) is 11.4 Å². The lowest BCUT2D eigenvalue weighted by Crippen LogP contribution is -2.12. The predicted octanol–water partition coefficient (Wildman–Crippen LogP) is 19.5. The lowest BCUT2D eigenvalue weighted by atomic mass is 9.92. The molecule has 0 radical (unpaired) electrons. The molecule has 13 aromatic rings. The first-order valence-electron chi connectivity index (χ1n) is 23.6. The summed E-state index contributed by atoms with van der Waals surface area (Å²) >= 11 is 1.87. The number of hydrogen-bond acceptors (Lipinski definition) is 3. The van der Waals surface area contributed by atoms with Crippen LogP contribution >= 0.6 is 11.3 Å². The molecule has 1 aliphatic heterocycles. The van der Waals surface area contributed by atoms with E-state index in [0.717, 1.165) is 67.3 Å². The van der Waals surface area contributed by atoms with Crippen LogP contribution in [-0.4, -0.2) is 0 Å². The van der Waals surface area contributed by atoms with Gasteiger partial charge in [0.1, 0.15) is 5.75 Å². The highest BCUT2D eigenvalue weighted by atomic mass is 32.1. The Hall–Kier alpha value is -8.76. The summed E-state index contributed by atoms with van der Waals surface area (Å²) in [6.07, 6.45) is 0. The standard InChI is InChI=1S/C66H41NOS/c1-2-19-42(20-3-1)44-21-12-15-33-59(44)67(60-34-18-32-56-50-27-8-7-25-48(50)53-29-13-16-35-61(53)68-66(56)60)43-37-38-52-55-39-40-63-65(57-31-14-17-36-62(57)69-63)64(55)54-30-11-10-26-49(54)46-23-5-4-22-45(46)47-24-6-9-28-51(47)58(52)41-43/h1-41H. The van der Waals surface area contributed by atoms with Gasteiger partial charge in [0.2, 0.25) is 0 Å². The molecule has 3 heteroatoms. The Morgan fingerprint density at radius 1 is 0.290 bits per heavy atom. The van der Waals surface area contributed by atoms with Gasteiger partial charge in [-0.25, -0.2) is 0 Å². The van der Waals surface area contributed by atoms with Crippen LogP contribution < -0.4 is 9.64 Å². The molecule has 0 amide bonds. The van der Waals surface area contributed by atoms with Crippen LogP contribution in [-0.2, 0) is 0 Å². The Labute approximate surface area is 403 Å². The number of benzene rings is 11. The molecule has 69 heavy (non-hydrogen) atoms. The Bertz CT molecular complexity index is 4300. The van der Waals surface area contributed by atoms with E-state index < -0.39 is 0 Å². The molecule has 0 fully saturated rings. The van der Waals surface area contributed by atoms with Gasteiger partial charge in [-0.3, -0.25) is 0 Å². The molecule has 0 aliphatic carbocycles. The van der Waals surface area contributed by atoms with E-state index in [1.807, 2.05) is 11.3 Å². The van der Waals surface area contributed by atoms with Gasteiger partial charge < -0.3 is 9.64 Å². The zero-order chi connectivity index (χ0) is 45.4. The van der Waals surface area contributed by atoms with E-state index in [1.54, 1.807) is 0 Å². The molecule has 0 N–H and O–H groups in total. The van der Waals surface area contributed by atoms with Crippen LogP contribution in [0.3, 0.4) is 0 Å². The average molecular weight is 896 g/mol. The van der Waals surface area contributed by atoms with Gasteiger partial charge in [0.15, 0.2) is 5.75 Å². The third kappa shape index (κ3) is 6.25. The lowest BCUT2D eigenvalue weighted by Gasteiger charge is -2.30. The van der Waals surface area contributed by atoms with Gasteiger partial charge in [-0.05, 0) is 113 Å². The highest BCUT2D eigenvalue weighted by molar-refractivity contribution is 7.26. The molecule has 0 atom stereocenters. The quantitative estimate of drug-likeness (QED) is 0.175. The molecule has 2 nitrogen and oxygen atoms in total. The predicted molar refractivity (Wildman–Crippen MR) is 296 cm³/mol. The van der Waals surface area contributed by atoms with Gasteiger partial charge in [-0.2, -0.15) is 0 Å². The largest absolute Gasteiger partial charge is 0.454 e. The van der Waals surface area contributed by atoms with Gasteiger partial charge in [0, 0.05) is 42.6 Å². The van der Waals surface area contributed by atoms with Crippen molar-refractivity contribution in [2.24, 2.45) is 0 Å². The zero-order valence-electron chi connectivity index (χ0n) is 37.4. The third-order valence-corrected chi connectivity index (χ3v) is 15.2. The molecule has 1 aromatic heterocycles. The summed E-state index contributed by atoms with van der Waals surface area (Å²) < 4.78 is 9.84. The second-order valence-corrected chi connectivity index (χ2v) is 18.9. The number of fused-ring (bicyclic) bond motifs is 19. The molecular formula is C66H41NOS. The van der Waals surface area contributed by atoms with Crippen LogP contribution in [0.25, 0.3) is 107 Å². The monoisotopic (exact) mass is 895 g/mol. The van der Waals surface area contributed by atoms with Gasteiger partial charge in [0.25, 0.3) is 0 Å². The number of thiophene rings is 1. The molecule has 1 aliphatic rings. The minimum Gasteiger partial charge on any atom is -0.454 e. The molecular weight excluding hydrogens is 855 g/mol. The van der Waals surface area contributed by atoms with Crippen molar-refractivity contribution in [2.75, 3.05) is 4.90 Å². The van der Waals surface area contributed by atoms with Crippen LogP contribution in [0.5, 0.6) is 11.5 Å². The number of ether oxygens (including phenoxy) is 1. The number of rotatable bonds is 4. The van der Waals surface area contributed by atoms with E-state index in [1.165, 1.54) is 68.6 Å². The van der Waals surface area contributed by atoms with Crippen LogP contribution in [0.15, 0.2) is 249 Å². The first-order valence-corrected chi connectivity index (χ1v) is 24.4. The van der Waals surface area contributed by atoms with Crippen molar-refractivity contribution in [3.05, 3.63) is 249 Å². The smallest absolute Gasteiger partial charge is 0.159 e. The number of anilines is 3. The fraction of sp³-hybridized carbons (Fsp3) is 0. The molecule has 14 rings (SSSR count). The van der Waals surface area contributed by atoms with E-state index in [-0.39, 0.29) is 0 Å². The van der Waals surface area contributed by atoms with Crippen molar-refractivity contribution in [2.45, 2.75) is 0 Å². The minimum absolute atomic E-state index is 0.806. The SMILES string of the molecule is c1ccc(-c2ccccc2N(c2ccc3c(c2)c2ccccc2c2ccccc2c2ccccc2c2c3ccc3sc4ccccc4c32)c2cccc3c2Oc2ccccc2-c2ccccc2-3)cc1. The molecule has 0 saturated heterocycles. The Morgan fingerprint density at radius 2 is 0.783 bits per heavy atom. The van der Waals surface area contributed by atoms with Crippen molar-refractivity contribution in [1.82, 2.24) is 0 Å². The van der Waals surface area contributed by atoms with Crippen molar-refractivity contribution in [1.29, 1.82) is 0 Å². The Balaban J connectivity index is 1.17. The lowest BCUT2D eigenvalue weighted by molar-refractivity contribution is 0.489. The summed E-state index contributed by atoms with van der Waals surface area (Å²) in [5.41, 5.74) is 9.67. The fourth-order valence-corrected chi connectivity index (χ4v) is 12.2. The highest BCUT2D eigenvalue weighted by Gasteiger charge is 2.28. The maximum atomic E-state index is 7.27. The zero-order valence-corrected chi connectivity index (χ0v) is 38.3. The minimum atomic E-state index is 0.806. The normalized spacial score (nSPS) is 11.9. The van der Waals surface area contributed by atoms with Crippen molar-refractivity contribution >= 4 is 102 Å². The third-order valence-electron chi connectivity index (χ3n) is 14.1. The molecule has 0 unspecified atom stereocenters. The Kier molecular flexibility index (Phi) is 9.11. The van der Waals surface area contributed by atoms with Crippen LogP contribution in [0.1, 0.15) is 0 Å². The average Bonchev–Trinajstić information content (AvgIpc) is 3.73.